The fraction of sp³-hybridized carbons (Fsp3) is 0.562. The number of hydrogen-bond donors (Lipinski definition) is 2. The molecule has 104 valence electrons. The lowest BCUT2D eigenvalue weighted by Gasteiger charge is -2.27. The first kappa shape index (κ1) is 14.1. The third-order valence-corrected chi connectivity index (χ3v) is 4.01. The van der Waals surface area contributed by atoms with Crippen LogP contribution in [0.15, 0.2) is 30.3 Å². The highest BCUT2D eigenvalue weighted by atomic mass is 16.2. The van der Waals surface area contributed by atoms with Gasteiger partial charge in [-0.15, -0.1) is 0 Å². The van der Waals surface area contributed by atoms with Crippen molar-refractivity contribution < 1.29 is 4.79 Å². The van der Waals surface area contributed by atoms with E-state index in [1.54, 1.807) is 0 Å². The molecule has 2 rings (SSSR count). The van der Waals surface area contributed by atoms with E-state index in [1.165, 1.54) is 12.8 Å². The molecule has 0 spiro atoms. The average molecular weight is 260 g/mol. The zero-order valence-corrected chi connectivity index (χ0v) is 11.9. The molecular formula is C16H24N2O. The highest BCUT2D eigenvalue weighted by Gasteiger charge is 2.29. The third kappa shape index (κ3) is 3.57. The van der Waals surface area contributed by atoms with E-state index in [-0.39, 0.29) is 5.91 Å². The Morgan fingerprint density at radius 2 is 2.11 bits per heavy atom. The van der Waals surface area contributed by atoms with Crippen molar-refractivity contribution >= 4 is 5.91 Å². The smallest absolute Gasteiger partial charge is 0.230 e. The van der Waals surface area contributed by atoms with Gasteiger partial charge in [-0.25, -0.2) is 0 Å². The normalized spacial score (nSPS) is 20.0. The van der Waals surface area contributed by atoms with Crippen LogP contribution in [0, 0.1) is 5.92 Å². The van der Waals surface area contributed by atoms with Crippen molar-refractivity contribution in [2.75, 3.05) is 19.6 Å². The first-order valence-corrected chi connectivity index (χ1v) is 7.15. The van der Waals surface area contributed by atoms with E-state index in [2.05, 4.69) is 10.6 Å². The van der Waals surface area contributed by atoms with E-state index in [1.807, 2.05) is 44.2 Å². The fourth-order valence-electron chi connectivity index (χ4n) is 2.54. The van der Waals surface area contributed by atoms with E-state index >= 15 is 0 Å². The number of amides is 1. The first-order valence-electron chi connectivity index (χ1n) is 7.15. The minimum absolute atomic E-state index is 0.115. The maximum absolute atomic E-state index is 12.4. The van der Waals surface area contributed by atoms with Gasteiger partial charge >= 0.3 is 0 Å². The number of benzene rings is 1. The molecule has 1 heterocycles. The topological polar surface area (TPSA) is 41.1 Å². The van der Waals surface area contributed by atoms with Gasteiger partial charge in [-0.3, -0.25) is 4.79 Å². The second-order valence-corrected chi connectivity index (χ2v) is 5.91. The summed E-state index contributed by atoms with van der Waals surface area (Å²) in [6.45, 7) is 6.88. The van der Waals surface area contributed by atoms with Crippen molar-refractivity contribution in [2.24, 2.45) is 5.92 Å². The summed E-state index contributed by atoms with van der Waals surface area (Å²) in [7, 11) is 0. The van der Waals surface area contributed by atoms with Gasteiger partial charge in [-0.2, -0.15) is 0 Å². The molecule has 0 aliphatic carbocycles. The minimum Gasteiger partial charge on any atom is -0.355 e. The molecule has 1 unspecified atom stereocenters. The fourth-order valence-corrected chi connectivity index (χ4v) is 2.54. The Balaban J connectivity index is 1.91. The lowest BCUT2D eigenvalue weighted by molar-refractivity contribution is -0.125. The Bertz CT molecular complexity index is 408. The summed E-state index contributed by atoms with van der Waals surface area (Å²) in [6.07, 6.45) is 2.42. The van der Waals surface area contributed by atoms with Crippen molar-refractivity contribution in [2.45, 2.75) is 32.1 Å². The average Bonchev–Trinajstić information content (AvgIpc) is 2.46. The number of rotatable bonds is 4. The second kappa shape index (κ2) is 6.20. The molecule has 1 aromatic rings. The van der Waals surface area contributed by atoms with Gasteiger partial charge in [0.25, 0.3) is 0 Å². The van der Waals surface area contributed by atoms with Crippen LogP contribution >= 0.6 is 0 Å². The molecule has 1 saturated heterocycles. The number of nitrogens with one attached hydrogen (secondary N) is 2. The molecular weight excluding hydrogens is 236 g/mol. The molecule has 3 heteroatoms. The summed E-state index contributed by atoms with van der Waals surface area (Å²) in [4.78, 5) is 12.4. The molecule has 1 aromatic carbocycles. The minimum atomic E-state index is -0.469. The highest BCUT2D eigenvalue weighted by molar-refractivity contribution is 5.87. The maximum Gasteiger partial charge on any atom is 0.230 e. The summed E-state index contributed by atoms with van der Waals surface area (Å²) in [5.41, 5.74) is 0.595. The molecule has 1 amide bonds. The summed E-state index contributed by atoms with van der Waals surface area (Å²) < 4.78 is 0. The Kier molecular flexibility index (Phi) is 4.59. The van der Waals surface area contributed by atoms with Crippen molar-refractivity contribution in [3.63, 3.8) is 0 Å². The predicted molar refractivity (Wildman–Crippen MR) is 78.1 cm³/mol. The molecule has 1 aliphatic heterocycles. The largest absolute Gasteiger partial charge is 0.355 e. The molecule has 1 atom stereocenters. The number of carbonyl (C=O) groups is 1. The first-order chi connectivity index (χ1) is 9.10. The molecule has 0 saturated carbocycles. The SMILES string of the molecule is CC(C)(C(=O)NCC1CCCNC1)c1ccccc1. The van der Waals surface area contributed by atoms with E-state index in [0.717, 1.165) is 25.2 Å². The summed E-state index contributed by atoms with van der Waals surface area (Å²) in [5.74, 6) is 0.688. The lowest BCUT2D eigenvalue weighted by Crippen LogP contribution is -2.44. The Morgan fingerprint density at radius 1 is 1.37 bits per heavy atom. The highest BCUT2D eigenvalue weighted by Crippen LogP contribution is 2.23. The van der Waals surface area contributed by atoms with Crippen LogP contribution in [0.1, 0.15) is 32.3 Å². The predicted octanol–water partition coefficient (Wildman–Crippen LogP) is 2.08. The van der Waals surface area contributed by atoms with Gasteiger partial charge in [0.05, 0.1) is 5.41 Å². The molecule has 2 N–H and O–H groups in total. The van der Waals surface area contributed by atoms with E-state index in [0.29, 0.717) is 5.92 Å². The summed E-state index contributed by atoms with van der Waals surface area (Å²) >= 11 is 0. The van der Waals surface area contributed by atoms with Crippen LogP contribution in [-0.4, -0.2) is 25.5 Å². The van der Waals surface area contributed by atoms with Crippen LogP contribution in [0.5, 0.6) is 0 Å². The van der Waals surface area contributed by atoms with Crippen LogP contribution in [-0.2, 0) is 10.2 Å². The van der Waals surface area contributed by atoms with E-state index in [4.69, 9.17) is 0 Å². The van der Waals surface area contributed by atoms with Gasteiger partial charge in [-0.05, 0) is 51.3 Å². The third-order valence-electron chi connectivity index (χ3n) is 4.01. The Morgan fingerprint density at radius 3 is 2.74 bits per heavy atom. The van der Waals surface area contributed by atoms with Crippen molar-refractivity contribution in [3.05, 3.63) is 35.9 Å². The van der Waals surface area contributed by atoms with Gasteiger partial charge in [0.1, 0.15) is 0 Å². The molecule has 1 fully saturated rings. The molecule has 1 aliphatic rings. The van der Waals surface area contributed by atoms with Crippen LogP contribution in [0.2, 0.25) is 0 Å². The quantitative estimate of drug-likeness (QED) is 0.870. The van der Waals surface area contributed by atoms with Crippen molar-refractivity contribution in [3.8, 4) is 0 Å². The van der Waals surface area contributed by atoms with Gasteiger partial charge in [0, 0.05) is 6.54 Å². The summed E-state index contributed by atoms with van der Waals surface area (Å²) in [6, 6.07) is 9.97. The van der Waals surface area contributed by atoms with Crippen LogP contribution in [0.4, 0.5) is 0 Å². The van der Waals surface area contributed by atoms with Gasteiger partial charge in [0.2, 0.25) is 5.91 Å². The van der Waals surface area contributed by atoms with Gasteiger partial charge in [-0.1, -0.05) is 30.3 Å². The monoisotopic (exact) mass is 260 g/mol. The van der Waals surface area contributed by atoms with Crippen LogP contribution < -0.4 is 10.6 Å². The maximum atomic E-state index is 12.4. The zero-order chi connectivity index (χ0) is 13.7. The molecule has 19 heavy (non-hydrogen) atoms. The standard InChI is InChI=1S/C16H24N2O/c1-16(2,14-8-4-3-5-9-14)15(19)18-12-13-7-6-10-17-11-13/h3-5,8-9,13,17H,6-7,10-12H2,1-2H3,(H,18,19). The second-order valence-electron chi connectivity index (χ2n) is 5.91. The Hall–Kier alpha value is -1.35. The zero-order valence-electron chi connectivity index (χ0n) is 11.9. The van der Waals surface area contributed by atoms with Crippen molar-refractivity contribution in [1.29, 1.82) is 0 Å². The Labute approximate surface area is 115 Å². The van der Waals surface area contributed by atoms with Crippen LogP contribution in [0.25, 0.3) is 0 Å². The lowest BCUT2D eigenvalue weighted by atomic mass is 9.83. The van der Waals surface area contributed by atoms with E-state index < -0.39 is 5.41 Å². The van der Waals surface area contributed by atoms with Gasteiger partial charge < -0.3 is 10.6 Å². The molecule has 0 bridgehead atoms. The number of carbonyl (C=O) groups excluding carboxylic acids is 1. The van der Waals surface area contributed by atoms with E-state index in [9.17, 15) is 4.79 Å². The molecule has 3 nitrogen and oxygen atoms in total. The number of hydrogen-bond acceptors (Lipinski definition) is 2. The molecule has 0 radical (unpaired) electrons. The molecule has 0 aromatic heterocycles. The number of piperidine rings is 1. The summed E-state index contributed by atoms with van der Waals surface area (Å²) in [5, 5.41) is 6.49. The van der Waals surface area contributed by atoms with Crippen LogP contribution in [0.3, 0.4) is 0 Å². The van der Waals surface area contributed by atoms with Gasteiger partial charge in [0.15, 0.2) is 0 Å². The van der Waals surface area contributed by atoms with Crippen molar-refractivity contribution in [1.82, 2.24) is 10.6 Å².